The highest BCUT2D eigenvalue weighted by atomic mass is 32.2. The smallest absolute Gasteiger partial charge is 0.242 e. The van der Waals surface area contributed by atoms with Crippen LogP contribution in [0.3, 0.4) is 0 Å². The number of guanidine groups is 1. The van der Waals surface area contributed by atoms with Gasteiger partial charge in [-0.25, -0.2) is 18.1 Å². The van der Waals surface area contributed by atoms with Gasteiger partial charge in [0, 0.05) is 26.7 Å². The minimum atomic E-state index is -3.44. The number of benzene rings is 1. The molecule has 0 aliphatic heterocycles. The van der Waals surface area contributed by atoms with Gasteiger partial charge in [0.05, 0.1) is 18.0 Å². The van der Waals surface area contributed by atoms with E-state index in [1.165, 1.54) is 7.05 Å². The molecule has 27 heavy (non-hydrogen) atoms. The number of likely N-dealkylation sites (N-methyl/N-ethyl adjacent to an activating group) is 2. The summed E-state index contributed by atoms with van der Waals surface area (Å²) in [6, 6.07) is 6.57. The summed E-state index contributed by atoms with van der Waals surface area (Å²) in [7, 11) is -0.238. The van der Waals surface area contributed by atoms with Crippen LogP contribution in [0.5, 0.6) is 0 Å². The number of nitrogens with one attached hydrogen (secondary N) is 2. The SMILES string of the molecule is CCNC(=NCc1ccc(S(=O)(=O)NC)cc1)N(C)CC(=O)N(CC)CC. The lowest BCUT2D eigenvalue weighted by molar-refractivity contribution is -0.131. The Bertz CT molecular complexity index is 728. The van der Waals surface area contributed by atoms with Crippen molar-refractivity contribution in [2.45, 2.75) is 32.2 Å². The summed E-state index contributed by atoms with van der Waals surface area (Å²) in [5, 5.41) is 3.18. The number of carbonyl (C=O) groups is 1. The zero-order valence-corrected chi connectivity index (χ0v) is 17.6. The average Bonchev–Trinajstić information content (AvgIpc) is 2.66. The molecule has 0 atom stereocenters. The second-order valence-electron chi connectivity index (χ2n) is 5.94. The highest BCUT2D eigenvalue weighted by Gasteiger charge is 2.15. The monoisotopic (exact) mass is 397 g/mol. The van der Waals surface area contributed by atoms with Crippen LogP contribution in [-0.2, 0) is 21.4 Å². The van der Waals surface area contributed by atoms with E-state index in [0.29, 0.717) is 32.1 Å². The molecule has 0 aliphatic carbocycles. The third kappa shape index (κ3) is 6.84. The van der Waals surface area contributed by atoms with Crippen molar-refractivity contribution in [2.75, 3.05) is 40.3 Å². The molecule has 1 aromatic carbocycles. The van der Waals surface area contributed by atoms with Crippen molar-refractivity contribution in [3.63, 3.8) is 0 Å². The Kier molecular flexibility index (Phi) is 9.23. The molecule has 0 spiro atoms. The zero-order chi connectivity index (χ0) is 20.4. The Morgan fingerprint density at radius 1 is 1.11 bits per heavy atom. The molecule has 0 saturated carbocycles. The molecule has 0 aromatic heterocycles. The lowest BCUT2D eigenvalue weighted by Gasteiger charge is -2.25. The van der Waals surface area contributed by atoms with Crippen LogP contribution in [0.1, 0.15) is 26.3 Å². The van der Waals surface area contributed by atoms with Crippen LogP contribution in [0, 0.1) is 0 Å². The normalized spacial score (nSPS) is 12.0. The first kappa shape index (κ1) is 22.9. The van der Waals surface area contributed by atoms with Gasteiger partial charge in [0.1, 0.15) is 0 Å². The van der Waals surface area contributed by atoms with Crippen LogP contribution in [-0.4, -0.2) is 70.4 Å². The Hall–Kier alpha value is -2.13. The molecule has 0 fully saturated rings. The van der Waals surface area contributed by atoms with Gasteiger partial charge < -0.3 is 15.1 Å². The van der Waals surface area contributed by atoms with Crippen LogP contribution >= 0.6 is 0 Å². The summed E-state index contributed by atoms with van der Waals surface area (Å²) in [5.41, 5.74) is 0.879. The van der Waals surface area contributed by atoms with Gasteiger partial charge in [-0.1, -0.05) is 12.1 Å². The van der Waals surface area contributed by atoms with Crippen molar-refractivity contribution in [1.82, 2.24) is 19.8 Å². The van der Waals surface area contributed by atoms with Gasteiger partial charge in [-0.3, -0.25) is 4.79 Å². The minimum absolute atomic E-state index is 0.0507. The van der Waals surface area contributed by atoms with Gasteiger partial charge in [0.2, 0.25) is 15.9 Å². The van der Waals surface area contributed by atoms with Crippen molar-refractivity contribution < 1.29 is 13.2 Å². The van der Waals surface area contributed by atoms with E-state index in [9.17, 15) is 13.2 Å². The van der Waals surface area contributed by atoms with Gasteiger partial charge in [0.25, 0.3) is 0 Å². The fourth-order valence-electron chi connectivity index (χ4n) is 2.48. The maximum Gasteiger partial charge on any atom is 0.242 e. The van der Waals surface area contributed by atoms with E-state index in [4.69, 9.17) is 0 Å². The molecular weight excluding hydrogens is 366 g/mol. The van der Waals surface area contributed by atoms with Crippen LogP contribution in [0.4, 0.5) is 0 Å². The topological polar surface area (TPSA) is 94.1 Å². The van der Waals surface area contributed by atoms with E-state index < -0.39 is 10.0 Å². The molecule has 1 amide bonds. The van der Waals surface area contributed by atoms with Gasteiger partial charge in [-0.05, 0) is 45.5 Å². The number of hydrogen-bond acceptors (Lipinski definition) is 4. The van der Waals surface area contributed by atoms with Crippen molar-refractivity contribution >= 4 is 21.9 Å². The van der Waals surface area contributed by atoms with E-state index in [0.717, 1.165) is 5.56 Å². The van der Waals surface area contributed by atoms with Crippen LogP contribution in [0.25, 0.3) is 0 Å². The molecule has 2 N–H and O–H groups in total. The number of aliphatic imine (C=N–C) groups is 1. The van der Waals surface area contributed by atoms with Crippen molar-refractivity contribution in [3.8, 4) is 0 Å². The zero-order valence-electron chi connectivity index (χ0n) is 16.8. The van der Waals surface area contributed by atoms with Crippen LogP contribution in [0.15, 0.2) is 34.2 Å². The fourth-order valence-corrected chi connectivity index (χ4v) is 3.21. The first-order valence-electron chi connectivity index (χ1n) is 9.08. The van der Waals surface area contributed by atoms with Gasteiger partial charge in [-0.2, -0.15) is 0 Å². The summed E-state index contributed by atoms with van der Waals surface area (Å²) >= 11 is 0. The Morgan fingerprint density at radius 3 is 2.19 bits per heavy atom. The molecule has 0 bridgehead atoms. The van der Waals surface area contributed by atoms with Crippen LogP contribution in [0.2, 0.25) is 0 Å². The molecule has 8 nitrogen and oxygen atoms in total. The summed E-state index contributed by atoms with van der Waals surface area (Å²) in [6.45, 7) is 8.54. The van der Waals surface area contributed by atoms with E-state index in [2.05, 4.69) is 15.0 Å². The molecule has 1 aromatic rings. The molecule has 9 heteroatoms. The van der Waals surface area contributed by atoms with Crippen molar-refractivity contribution in [2.24, 2.45) is 4.99 Å². The quantitative estimate of drug-likeness (QED) is 0.476. The largest absolute Gasteiger partial charge is 0.357 e. The van der Waals surface area contributed by atoms with Gasteiger partial charge in [0.15, 0.2) is 5.96 Å². The third-order valence-electron chi connectivity index (χ3n) is 4.10. The molecule has 152 valence electrons. The molecule has 0 heterocycles. The number of hydrogen-bond donors (Lipinski definition) is 2. The summed E-state index contributed by atoms with van der Waals surface area (Å²) in [6.07, 6.45) is 0. The standard InChI is InChI=1S/C18H31N5O3S/c1-6-20-18(22(5)14-17(24)23(7-2)8-3)21-13-15-9-11-16(12-10-15)27(25,26)19-4/h9-12,19H,6-8,13-14H2,1-5H3,(H,20,21). The predicted molar refractivity (Wildman–Crippen MR) is 108 cm³/mol. The van der Waals surface area contributed by atoms with Crippen molar-refractivity contribution in [1.29, 1.82) is 0 Å². The molecule has 0 unspecified atom stereocenters. The lowest BCUT2D eigenvalue weighted by Crippen LogP contribution is -2.45. The summed E-state index contributed by atoms with van der Waals surface area (Å²) in [4.78, 5) is 20.6. The lowest BCUT2D eigenvalue weighted by atomic mass is 10.2. The maximum absolute atomic E-state index is 12.3. The van der Waals surface area contributed by atoms with E-state index in [1.807, 2.05) is 27.8 Å². The second-order valence-corrected chi connectivity index (χ2v) is 7.83. The average molecular weight is 398 g/mol. The van der Waals surface area contributed by atoms with E-state index >= 15 is 0 Å². The van der Waals surface area contributed by atoms with E-state index in [-0.39, 0.29) is 17.3 Å². The number of carbonyl (C=O) groups excluding carboxylic acids is 1. The first-order chi connectivity index (χ1) is 12.8. The van der Waals surface area contributed by atoms with Gasteiger partial charge >= 0.3 is 0 Å². The predicted octanol–water partition coefficient (Wildman–Crippen LogP) is 0.860. The minimum Gasteiger partial charge on any atom is -0.357 e. The van der Waals surface area contributed by atoms with Gasteiger partial charge in [-0.15, -0.1) is 0 Å². The van der Waals surface area contributed by atoms with Crippen molar-refractivity contribution in [3.05, 3.63) is 29.8 Å². The highest BCUT2D eigenvalue weighted by Crippen LogP contribution is 2.11. The van der Waals surface area contributed by atoms with E-state index in [1.54, 1.807) is 34.1 Å². The fraction of sp³-hybridized carbons (Fsp3) is 0.556. The number of rotatable bonds is 9. The third-order valence-corrected chi connectivity index (χ3v) is 5.53. The second kappa shape index (κ2) is 10.9. The Morgan fingerprint density at radius 2 is 1.70 bits per heavy atom. The number of amides is 1. The number of sulfonamides is 1. The van der Waals surface area contributed by atoms with Crippen LogP contribution < -0.4 is 10.0 Å². The molecule has 0 radical (unpaired) electrons. The highest BCUT2D eigenvalue weighted by molar-refractivity contribution is 7.89. The Balaban J connectivity index is 2.85. The molecular formula is C18H31N5O3S. The number of nitrogens with zero attached hydrogens (tertiary/aromatic N) is 3. The molecule has 0 saturated heterocycles. The molecule has 0 aliphatic rings. The maximum atomic E-state index is 12.3. The summed E-state index contributed by atoms with van der Waals surface area (Å²) in [5.74, 6) is 0.680. The molecule has 1 rings (SSSR count). The Labute approximate surface area is 162 Å². The summed E-state index contributed by atoms with van der Waals surface area (Å²) < 4.78 is 25.8. The first-order valence-corrected chi connectivity index (χ1v) is 10.6.